The van der Waals surface area contributed by atoms with E-state index in [0.717, 1.165) is 51.5 Å². The SMILES string of the molecule is O[C@@H]1CN(CCCN2CCN(c3ccc(Cl)c(Cl)c3)CC2)CCC12CC2. The lowest BCUT2D eigenvalue weighted by Crippen LogP contribution is -2.48. The molecule has 3 fully saturated rings. The minimum Gasteiger partial charge on any atom is -0.391 e. The van der Waals surface area contributed by atoms with Crippen molar-refractivity contribution >= 4 is 28.9 Å². The highest BCUT2D eigenvalue weighted by molar-refractivity contribution is 6.42. The van der Waals surface area contributed by atoms with E-state index in [2.05, 4.69) is 20.8 Å². The monoisotopic (exact) mass is 397 g/mol. The Labute approximate surface area is 166 Å². The van der Waals surface area contributed by atoms with Gasteiger partial charge < -0.3 is 14.9 Å². The Hall–Kier alpha value is -0.520. The van der Waals surface area contributed by atoms with Gasteiger partial charge >= 0.3 is 0 Å². The number of halogens is 2. The second kappa shape index (κ2) is 7.84. The van der Waals surface area contributed by atoms with Gasteiger partial charge in [-0.1, -0.05) is 23.2 Å². The van der Waals surface area contributed by atoms with Gasteiger partial charge in [0, 0.05) is 38.4 Å². The third-order valence-electron chi connectivity index (χ3n) is 6.55. The van der Waals surface area contributed by atoms with Crippen LogP contribution in [0.3, 0.4) is 0 Å². The Morgan fingerprint density at radius 1 is 0.923 bits per heavy atom. The summed E-state index contributed by atoms with van der Waals surface area (Å²) >= 11 is 12.2. The number of benzene rings is 1. The van der Waals surface area contributed by atoms with Gasteiger partial charge in [0.25, 0.3) is 0 Å². The molecule has 6 heteroatoms. The van der Waals surface area contributed by atoms with Gasteiger partial charge in [0.15, 0.2) is 0 Å². The molecule has 4 nitrogen and oxygen atoms in total. The van der Waals surface area contributed by atoms with Gasteiger partial charge in [-0.05, 0) is 68.9 Å². The molecule has 4 rings (SSSR count). The van der Waals surface area contributed by atoms with E-state index in [1.165, 1.54) is 32.2 Å². The molecule has 0 amide bonds. The third kappa shape index (κ3) is 4.15. The maximum Gasteiger partial charge on any atom is 0.0723 e. The number of nitrogens with zero attached hydrogens (tertiary/aromatic N) is 3. The molecule has 3 aliphatic rings. The summed E-state index contributed by atoms with van der Waals surface area (Å²) in [4.78, 5) is 7.39. The number of piperidine rings is 1. The summed E-state index contributed by atoms with van der Waals surface area (Å²) in [7, 11) is 0. The third-order valence-corrected chi connectivity index (χ3v) is 7.28. The molecule has 1 atom stereocenters. The highest BCUT2D eigenvalue weighted by atomic mass is 35.5. The van der Waals surface area contributed by atoms with Crippen LogP contribution >= 0.6 is 23.2 Å². The molecule has 0 bridgehead atoms. The lowest BCUT2D eigenvalue weighted by atomic mass is 9.90. The maximum atomic E-state index is 10.3. The van der Waals surface area contributed by atoms with E-state index in [9.17, 15) is 5.11 Å². The molecule has 1 saturated carbocycles. The summed E-state index contributed by atoms with van der Waals surface area (Å²) in [5.41, 5.74) is 1.48. The summed E-state index contributed by atoms with van der Waals surface area (Å²) < 4.78 is 0. The summed E-state index contributed by atoms with van der Waals surface area (Å²) in [6.07, 6.45) is 4.77. The van der Waals surface area contributed by atoms with Crippen LogP contribution in [0, 0.1) is 5.41 Å². The standard InChI is InChI=1S/C20H29Cl2N3O/c21-17-3-2-16(14-18(17)22)25-12-10-23(11-13-25)7-1-8-24-9-6-20(4-5-20)19(26)15-24/h2-3,14,19,26H,1,4-13,15H2/t19-/m1/s1. The quantitative estimate of drug-likeness (QED) is 0.824. The molecule has 0 radical (unpaired) electrons. The Bertz CT molecular complexity index is 629. The minimum atomic E-state index is -0.0917. The number of aliphatic hydroxyl groups is 1. The lowest BCUT2D eigenvalue weighted by Gasteiger charge is -2.38. The first-order valence-electron chi connectivity index (χ1n) is 9.89. The number of piperazine rings is 1. The van der Waals surface area contributed by atoms with E-state index in [4.69, 9.17) is 23.2 Å². The molecule has 1 N–H and O–H groups in total. The number of β-amino-alcohol motifs (C(OH)–C–C–N with tert-alkyl or cyclic N) is 1. The number of likely N-dealkylation sites (tertiary alicyclic amines) is 1. The molecule has 26 heavy (non-hydrogen) atoms. The summed E-state index contributed by atoms with van der Waals surface area (Å²) in [6, 6.07) is 5.90. The number of hydrogen-bond donors (Lipinski definition) is 1. The predicted molar refractivity (Wildman–Crippen MR) is 108 cm³/mol. The van der Waals surface area contributed by atoms with Crippen molar-refractivity contribution in [2.75, 3.05) is 57.3 Å². The number of anilines is 1. The molecule has 1 aliphatic carbocycles. The van der Waals surface area contributed by atoms with Crippen molar-refractivity contribution in [1.29, 1.82) is 0 Å². The van der Waals surface area contributed by atoms with Crippen molar-refractivity contribution in [3.05, 3.63) is 28.2 Å². The Morgan fingerprint density at radius 3 is 2.31 bits per heavy atom. The van der Waals surface area contributed by atoms with Crippen molar-refractivity contribution in [1.82, 2.24) is 9.80 Å². The van der Waals surface area contributed by atoms with Crippen molar-refractivity contribution in [3.8, 4) is 0 Å². The van der Waals surface area contributed by atoms with Gasteiger partial charge in [-0.2, -0.15) is 0 Å². The number of aliphatic hydroxyl groups excluding tert-OH is 1. The molecular weight excluding hydrogens is 369 g/mol. The van der Waals surface area contributed by atoms with Gasteiger partial charge in [0.1, 0.15) is 0 Å². The van der Waals surface area contributed by atoms with Crippen LogP contribution in [-0.2, 0) is 0 Å². The minimum absolute atomic E-state index is 0.0917. The summed E-state index contributed by atoms with van der Waals surface area (Å²) in [6.45, 7) is 8.55. The molecule has 1 aromatic carbocycles. The van der Waals surface area contributed by atoms with Crippen molar-refractivity contribution in [3.63, 3.8) is 0 Å². The van der Waals surface area contributed by atoms with E-state index in [1.807, 2.05) is 12.1 Å². The van der Waals surface area contributed by atoms with Crippen LogP contribution in [-0.4, -0.2) is 73.4 Å². The van der Waals surface area contributed by atoms with Crippen LogP contribution in [0.25, 0.3) is 0 Å². The van der Waals surface area contributed by atoms with E-state index in [1.54, 1.807) is 0 Å². The van der Waals surface area contributed by atoms with Crippen LogP contribution < -0.4 is 4.90 Å². The van der Waals surface area contributed by atoms with Crippen LogP contribution in [0.2, 0.25) is 10.0 Å². The molecule has 1 spiro atoms. The molecule has 0 aromatic heterocycles. The topological polar surface area (TPSA) is 30.0 Å². The van der Waals surface area contributed by atoms with Crippen LogP contribution in [0.4, 0.5) is 5.69 Å². The Morgan fingerprint density at radius 2 is 1.65 bits per heavy atom. The van der Waals surface area contributed by atoms with Gasteiger partial charge in [-0.25, -0.2) is 0 Å². The first-order valence-corrected chi connectivity index (χ1v) is 10.6. The molecule has 1 aromatic rings. The normalized spacial score (nSPS) is 26.4. The van der Waals surface area contributed by atoms with Gasteiger partial charge in [-0.3, -0.25) is 4.90 Å². The molecule has 0 unspecified atom stereocenters. The lowest BCUT2D eigenvalue weighted by molar-refractivity contribution is 0.00738. The predicted octanol–water partition coefficient (Wildman–Crippen LogP) is 3.35. The first kappa shape index (κ1) is 18.8. The van der Waals surface area contributed by atoms with Crippen LogP contribution in [0.15, 0.2) is 18.2 Å². The molecule has 2 heterocycles. The largest absolute Gasteiger partial charge is 0.391 e. The zero-order valence-electron chi connectivity index (χ0n) is 15.3. The fourth-order valence-corrected chi connectivity index (χ4v) is 4.75. The molecular formula is C20H29Cl2N3O. The Balaban J connectivity index is 1.17. The smallest absolute Gasteiger partial charge is 0.0723 e. The van der Waals surface area contributed by atoms with Crippen molar-refractivity contribution in [2.24, 2.45) is 5.41 Å². The second-order valence-electron chi connectivity index (χ2n) is 8.21. The summed E-state index contributed by atoms with van der Waals surface area (Å²) in [5, 5.41) is 11.6. The van der Waals surface area contributed by atoms with Crippen molar-refractivity contribution < 1.29 is 5.11 Å². The highest BCUT2D eigenvalue weighted by Gasteiger charge is 2.50. The molecule has 2 saturated heterocycles. The highest BCUT2D eigenvalue weighted by Crippen LogP contribution is 2.53. The molecule has 144 valence electrons. The zero-order chi connectivity index (χ0) is 18.1. The van der Waals surface area contributed by atoms with Crippen molar-refractivity contribution in [2.45, 2.75) is 31.8 Å². The fourth-order valence-electron chi connectivity index (χ4n) is 4.45. The second-order valence-corrected chi connectivity index (χ2v) is 9.02. The Kier molecular flexibility index (Phi) is 5.68. The maximum absolute atomic E-state index is 10.3. The fraction of sp³-hybridized carbons (Fsp3) is 0.700. The van der Waals surface area contributed by atoms with Gasteiger partial charge in [-0.15, -0.1) is 0 Å². The number of rotatable bonds is 5. The van der Waals surface area contributed by atoms with Crippen LogP contribution in [0.1, 0.15) is 25.7 Å². The van der Waals surface area contributed by atoms with Crippen LogP contribution in [0.5, 0.6) is 0 Å². The average molecular weight is 398 g/mol. The van der Waals surface area contributed by atoms with Gasteiger partial charge in [0.05, 0.1) is 16.1 Å². The van der Waals surface area contributed by atoms with Gasteiger partial charge in [0.2, 0.25) is 0 Å². The summed E-state index contributed by atoms with van der Waals surface area (Å²) in [5.74, 6) is 0. The van der Waals surface area contributed by atoms with E-state index in [-0.39, 0.29) is 6.10 Å². The zero-order valence-corrected chi connectivity index (χ0v) is 16.9. The van der Waals surface area contributed by atoms with E-state index < -0.39 is 0 Å². The average Bonchev–Trinajstić information content (AvgIpc) is 3.42. The first-order chi connectivity index (χ1) is 12.6. The van der Waals surface area contributed by atoms with E-state index >= 15 is 0 Å². The molecule has 2 aliphatic heterocycles. The van der Waals surface area contributed by atoms with E-state index in [0.29, 0.717) is 15.5 Å². The number of hydrogen-bond acceptors (Lipinski definition) is 4.